The van der Waals surface area contributed by atoms with E-state index in [-0.39, 0.29) is 5.91 Å². The Morgan fingerprint density at radius 2 is 2.14 bits per heavy atom. The van der Waals surface area contributed by atoms with E-state index in [9.17, 15) is 4.79 Å². The summed E-state index contributed by atoms with van der Waals surface area (Å²) in [5.41, 5.74) is 2.41. The zero-order valence-corrected chi connectivity index (χ0v) is 13.9. The molecule has 0 bridgehead atoms. The third kappa shape index (κ3) is 5.11. The minimum atomic E-state index is -0.411. The molecule has 0 aromatic heterocycles. The van der Waals surface area contributed by atoms with Gasteiger partial charge in [0, 0.05) is 19.2 Å². The lowest BCUT2D eigenvalue weighted by atomic mass is 10.1. The zero-order valence-electron chi connectivity index (χ0n) is 13.9. The molecule has 1 amide bonds. The summed E-state index contributed by atoms with van der Waals surface area (Å²) < 4.78 is 10.9. The van der Waals surface area contributed by atoms with Crippen molar-refractivity contribution in [3.8, 4) is 0 Å². The van der Waals surface area contributed by atoms with Crippen LogP contribution >= 0.6 is 0 Å². The number of carbonyl (C=O) groups is 1. The van der Waals surface area contributed by atoms with E-state index in [4.69, 9.17) is 9.47 Å². The smallest absolute Gasteiger partial charge is 0.251 e. The van der Waals surface area contributed by atoms with Gasteiger partial charge in [-0.25, -0.2) is 0 Å². The van der Waals surface area contributed by atoms with Crippen molar-refractivity contribution < 1.29 is 14.3 Å². The average molecular weight is 305 g/mol. The summed E-state index contributed by atoms with van der Waals surface area (Å²) in [5, 5.41) is 0. The first kappa shape index (κ1) is 17.0. The molecule has 0 N–H and O–H groups in total. The molecule has 1 aliphatic rings. The molecule has 122 valence electrons. The third-order valence-electron chi connectivity index (χ3n) is 3.85. The minimum absolute atomic E-state index is 0.0838. The topological polar surface area (TPSA) is 38.8 Å². The number of carbonyl (C=O) groups excluding carboxylic acids is 1. The molecule has 4 heteroatoms. The van der Waals surface area contributed by atoms with Crippen molar-refractivity contribution in [1.82, 2.24) is 4.90 Å². The maximum Gasteiger partial charge on any atom is 0.251 e. The van der Waals surface area contributed by atoms with Gasteiger partial charge in [-0.15, -0.1) is 0 Å². The lowest BCUT2D eigenvalue weighted by Crippen LogP contribution is -2.40. The highest BCUT2D eigenvalue weighted by atomic mass is 16.5. The van der Waals surface area contributed by atoms with Crippen LogP contribution in [-0.2, 0) is 20.8 Å². The number of ether oxygens (including phenoxy) is 2. The fourth-order valence-corrected chi connectivity index (χ4v) is 2.51. The van der Waals surface area contributed by atoms with Crippen LogP contribution in [0.5, 0.6) is 0 Å². The quantitative estimate of drug-likeness (QED) is 0.658. The Bertz CT molecular complexity index is 485. The van der Waals surface area contributed by atoms with E-state index in [1.54, 1.807) is 0 Å². The molecule has 1 aliphatic carbocycles. The van der Waals surface area contributed by atoms with Crippen LogP contribution in [-0.4, -0.2) is 42.8 Å². The first-order valence-corrected chi connectivity index (χ1v) is 8.17. The van der Waals surface area contributed by atoms with Gasteiger partial charge in [0.1, 0.15) is 6.10 Å². The minimum Gasteiger partial charge on any atom is -0.379 e. The predicted octanol–water partition coefficient (Wildman–Crippen LogP) is 2.93. The highest BCUT2D eigenvalue weighted by Crippen LogP contribution is 2.29. The summed E-state index contributed by atoms with van der Waals surface area (Å²) in [6, 6.07) is 8.72. The Kier molecular flexibility index (Phi) is 6.40. The molecule has 1 aromatic carbocycles. The number of benzene rings is 1. The van der Waals surface area contributed by atoms with E-state index in [1.807, 2.05) is 24.8 Å². The first-order valence-electron chi connectivity index (χ1n) is 8.17. The molecule has 22 heavy (non-hydrogen) atoms. The maximum atomic E-state index is 12.6. The number of aryl methyl sites for hydroxylation is 1. The van der Waals surface area contributed by atoms with Gasteiger partial charge in [0.2, 0.25) is 0 Å². The molecule has 4 nitrogen and oxygen atoms in total. The fourth-order valence-electron chi connectivity index (χ4n) is 2.51. The molecule has 0 saturated heterocycles. The third-order valence-corrected chi connectivity index (χ3v) is 3.85. The largest absolute Gasteiger partial charge is 0.379 e. The average Bonchev–Trinajstić information content (AvgIpc) is 3.33. The van der Waals surface area contributed by atoms with Crippen LogP contribution in [0.2, 0.25) is 0 Å². The van der Waals surface area contributed by atoms with Gasteiger partial charge >= 0.3 is 0 Å². The Morgan fingerprint density at radius 3 is 2.77 bits per heavy atom. The molecular weight excluding hydrogens is 278 g/mol. The number of rotatable bonds is 9. The van der Waals surface area contributed by atoms with Crippen molar-refractivity contribution in [2.45, 2.75) is 52.3 Å². The fraction of sp³-hybridized carbons (Fsp3) is 0.611. The van der Waals surface area contributed by atoms with Crippen LogP contribution in [0.3, 0.4) is 0 Å². The van der Waals surface area contributed by atoms with Crippen LogP contribution in [0, 0.1) is 6.92 Å². The highest BCUT2D eigenvalue weighted by Gasteiger charge is 2.34. The molecule has 1 unspecified atom stereocenters. The molecule has 2 rings (SSSR count). The van der Waals surface area contributed by atoms with Crippen LogP contribution < -0.4 is 0 Å². The van der Waals surface area contributed by atoms with Crippen LogP contribution in [0.4, 0.5) is 0 Å². The van der Waals surface area contributed by atoms with E-state index >= 15 is 0 Å². The zero-order chi connectivity index (χ0) is 15.9. The summed E-state index contributed by atoms with van der Waals surface area (Å²) in [5.74, 6) is 0.0838. The Morgan fingerprint density at radius 1 is 1.36 bits per heavy atom. The molecule has 1 saturated carbocycles. The van der Waals surface area contributed by atoms with Crippen molar-refractivity contribution in [3.05, 3.63) is 35.4 Å². The molecule has 1 atom stereocenters. The van der Waals surface area contributed by atoms with Crippen molar-refractivity contribution in [2.75, 3.05) is 19.8 Å². The van der Waals surface area contributed by atoms with E-state index in [2.05, 4.69) is 25.1 Å². The summed E-state index contributed by atoms with van der Waals surface area (Å²) in [6.07, 6.45) is 1.79. The van der Waals surface area contributed by atoms with Crippen LogP contribution in [0.25, 0.3) is 0 Å². The summed E-state index contributed by atoms with van der Waals surface area (Å²) >= 11 is 0. The van der Waals surface area contributed by atoms with Gasteiger partial charge in [-0.2, -0.15) is 0 Å². The predicted molar refractivity (Wildman–Crippen MR) is 86.7 cm³/mol. The second-order valence-corrected chi connectivity index (χ2v) is 5.90. The molecular formula is C18H27NO3. The first-order chi connectivity index (χ1) is 10.6. The van der Waals surface area contributed by atoms with Gasteiger partial charge in [0.05, 0.1) is 13.2 Å². The lowest BCUT2D eigenvalue weighted by molar-refractivity contribution is -0.144. The standard InChI is InChI=1S/C18H27NO3/c1-4-21-10-11-22-15(3)18(20)19(17-8-9-17)13-16-7-5-6-14(2)12-16/h5-7,12,15,17H,4,8-11,13H2,1-3H3. The van der Waals surface area contributed by atoms with Gasteiger partial charge in [0.25, 0.3) is 5.91 Å². The van der Waals surface area contributed by atoms with Gasteiger partial charge < -0.3 is 14.4 Å². The molecule has 1 aromatic rings. The monoisotopic (exact) mass is 305 g/mol. The summed E-state index contributed by atoms with van der Waals surface area (Å²) in [6.45, 7) is 8.20. The second kappa shape index (κ2) is 8.30. The van der Waals surface area contributed by atoms with E-state index < -0.39 is 6.10 Å². The van der Waals surface area contributed by atoms with Gasteiger partial charge in [-0.3, -0.25) is 4.79 Å². The molecule has 1 fully saturated rings. The van der Waals surface area contributed by atoms with Crippen LogP contribution in [0.1, 0.15) is 37.8 Å². The van der Waals surface area contributed by atoms with E-state index in [0.29, 0.717) is 32.4 Å². The number of nitrogens with zero attached hydrogens (tertiary/aromatic N) is 1. The lowest BCUT2D eigenvalue weighted by Gasteiger charge is -2.26. The van der Waals surface area contributed by atoms with Crippen molar-refractivity contribution in [3.63, 3.8) is 0 Å². The van der Waals surface area contributed by atoms with E-state index in [0.717, 1.165) is 12.8 Å². The highest BCUT2D eigenvalue weighted by molar-refractivity contribution is 5.81. The van der Waals surface area contributed by atoms with Crippen LogP contribution in [0.15, 0.2) is 24.3 Å². The van der Waals surface area contributed by atoms with Crippen molar-refractivity contribution in [1.29, 1.82) is 0 Å². The van der Waals surface area contributed by atoms with E-state index in [1.165, 1.54) is 11.1 Å². The van der Waals surface area contributed by atoms with Gasteiger partial charge in [0.15, 0.2) is 0 Å². The molecule has 0 aliphatic heterocycles. The Balaban J connectivity index is 1.91. The summed E-state index contributed by atoms with van der Waals surface area (Å²) in [7, 11) is 0. The SMILES string of the molecule is CCOCCOC(C)C(=O)N(Cc1cccc(C)c1)C1CC1. The normalized spacial score (nSPS) is 15.6. The number of hydrogen-bond acceptors (Lipinski definition) is 3. The Labute approximate surface area is 133 Å². The number of hydrogen-bond donors (Lipinski definition) is 0. The molecule has 0 radical (unpaired) electrons. The molecule has 0 spiro atoms. The Hall–Kier alpha value is -1.39. The van der Waals surface area contributed by atoms with Gasteiger partial charge in [-0.1, -0.05) is 29.8 Å². The number of amides is 1. The maximum absolute atomic E-state index is 12.6. The second-order valence-electron chi connectivity index (χ2n) is 5.90. The van der Waals surface area contributed by atoms with Crippen molar-refractivity contribution in [2.24, 2.45) is 0 Å². The van der Waals surface area contributed by atoms with Gasteiger partial charge in [-0.05, 0) is 39.2 Å². The molecule has 0 heterocycles. The summed E-state index contributed by atoms with van der Waals surface area (Å²) in [4.78, 5) is 14.6. The van der Waals surface area contributed by atoms with Crippen molar-refractivity contribution >= 4 is 5.91 Å².